The molecule has 0 amide bonds. The van der Waals surface area contributed by atoms with Gasteiger partial charge in [0.25, 0.3) is 10.0 Å². The Morgan fingerprint density at radius 3 is 2.85 bits per heavy atom. The van der Waals surface area contributed by atoms with Gasteiger partial charge < -0.3 is 10.0 Å². The van der Waals surface area contributed by atoms with Crippen molar-refractivity contribution in [3.63, 3.8) is 0 Å². The van der Waals surface area contributed by atoms with Gasteiger partial charge in [0.2, 0.25) is 0 Å². The van der Waals surface area contributed by atoms with Gasteiger partial charge in [0.15, 0.2) is 0 Å². The van der Waals surface area contributed by atoms with Crippen molar-refractivity contribution in [3.05, 3.63) is 40.3 Å². The van der Waals surface area contributed by atoms with Gasteiger partial charge in [-0.2, -0.15) is 12.8 Å². The Morgan fingerprint density at radius 2 is 2.10 bits per heavy atom. The van der Waals surface area contributed by atoms with E-state index in [1.165, 1.54) is 0 Å². The third kappa shape index (κ3) is 2.00. The van der Waals surface area contributed by atoms with Crippen LogP contribution in [0.15, 0.2) is 39.1 Å². The molecule has 1 N–H and O–H groups in total. The SMILES string of the molecule is O=C(O)C1=C(CN2CCc3ccccc32)S(=O)(=O)N=C1. The van der Waals surface area contributed by atoms with Crippen LogP contribution >= 0.6 is 0 Å². The van der Waals surface area contributed by atoms with Gasteiger partial charge in [-0.3, -0.25) is 0 Å². The monoisotopic (exact) mass is 292 g/mol. The highest BCUT2D eigenvalue weighted by Gasteiger charge is 2.32. The normalized spacial score (nSPS) is 19.5. The summed E-state index contributed by atoms with van der Waals surface area (Å²) in [5.41, 5.74) is 1.85. The van der Waals surface area contributed by atoms with Crippen molar-refractivity contribution >= 4 is 27.9 Å². The Balaban J connectivity index is 1.96. The Bertz CT molecular complexity index is 749. The molecular weight excluding hydrogens is 280 g/mol. The zero-order valence-corrected chi connectivity index (χ0v) is 11.3. The molecule has 0 saturated heterocycles. The highest BCUT2D eigenvalue weighted by molar-refractivity contribution is 7.94. The second kappa shape index (κ2) is 4.45. The highest BCUT2D eigenvalue weighted by Crippen LogP contribution is 2.30. The Labute approximate surface area is 116 Å². The molecule has 6 nitrogen and oxygen atoms in total. The minimum Gasteiger partial charge on any atom is -0.478 e. The minimum absolute atomic E-state index is 0.0426. The van der Waals surface area contributed by atoms with Crippen LogP contribution < -0.4 is 4.90 Å². The third-order valence-corrected chi connectivity index (χ3v) is 4.84. The molecule has 104 valence electrons. The first-order chi connectivity index (χ1) is 9.49. The molecular formula is C13H12N2O4S. The van der Waals surface area contributed by atoms with Gasteiger partial charge in [0.1, 0.15) is 4.91 Å². The van der Waals surface area contributed by atoms with Crippen molar-refractivity contribution in [2.75, 3.05) is 18.0 Å². The van der Waals surface area contributed by atoms with Crippen LogP contribution in [0.1, 0.15) is 5.56 Å². The molecule has 2 aliphatic rings. The van der Waals surface area contributed by atoms with Crippen molar-refractivity contribution in [1.29, 1.82) is 0 Å². The van der Waals surface area contributed by atoms with Crippen molar-refractivity contribution in [3.8, 4) is 0 Å². The quantitative estimate of drug-likeness (QED) is 0.890. The predicted molar refractivity (Wildman–Crippen MR) is 74.4 cm³/mol. The number of rotatable bonds is 3. The Kier molecular flexibility index (Phi) is 2.86. The summed E-state index contributed by atoms with van der Waals surface area (Å²) in [7, 11) is -3.84. The molecule has 0 aliphatic carbocycles. The van der Waals surface area contributed by atoms with Crippen LogP contribution in [0.25, 0.3) is 0 Å². The van der Waals surface area contributed by atoms with Crippen LogP contribution in [0.3, 0.4) is 0 Å². The maximum atomic E-state index is 11.8. The van der Waals surface area contributed by atoms with Gasteiger partial charge in [-0.05, 0) is 18.1 Å². The number of hydrogen-bond acceptors (Lipinski definition) is 4. The number of nitrogens with zero attached hydrogens (tertiary/aromatic N) is 2. The lowest BCUT2D eigenvalue weighted by molar-refractivity contribution is -0.132. The number of carboxylic acid groups (broad SMARTS) is 1. The molecule has 0 bridgehead atoms. The summed E-state index contributed by atoms with van der Waals surface area (Å²) in [5, 5.41) is 9.05. The highest BCUT2D eigenvalue weighted by atomic mass is 32.2. The third-order valence-electron chi connectivity index (χ3n) is 3.48. The first-order valence-corrected chi connectivity index (χ1v) is 7.53. The lowest BCUT2D eigenvalue weighted by atomic mass is 10.2. The van der Waals surface area contributed by atoms with Crippen LogP contribution in [0.2, 0.25) is 0 Å². The molecule has 7 heteroatoms. The summed E-state index contributed by atoms with van der Waals surface area (Å²) in [5.74, 6) is -1.27. The van der Waals surface area contributed by atoms with Crippen molar-refractivity contribution in [2.24, 2.45) is 4.40 Å². The minimum atomic E-state index is -3.84. The molecule has 1 aromatic carbocycles. The second-order valence-electron chi connectivity index (χ2n) is 4.65. The number of carbonyl (C=O) groups is 1. The zero-order chi connectivity index (χ0) is 14.3. The fourth-order valence-corrected chi connectivity index (χ4v) is 3.59. The average Bonchev–Trinajstić information content (AvgIpc) is 2.93. The van der Waals surface area contributed by atoms with Gasteiger partial charge in [-0.25, -0.2) is 4.79 Å². The van der Waals surface area contributed by atoms with E-state index in [9.17, 15) is 13.2 Å². The van der Waals surface area contributed by atoms with E-state index in [0.29, 0.717) is 6.54 Å². The summed E-state index contributed by atoms with van der Waals surface area (Å²) in [4.78, 5) is 12.8. The number of hydrogen-bond donors (Lipinski definition) is 1. The fraction of sp³-hybridized carbons (Fsp3) is 0.231. The van der Waals surface area contributed by atoms with E-state index in [2.05, 4.69) is 4.40 Å². The zero-order valence-electron chi connectivity index (χ0n) is 10.5. The van der Waals surface area contributed by atoms with Crippen molar-refractivity contribution < 1.29 is 18.3 Å². The van der Waals surface area contributed by atoms with Crippen LogP contribution in [-0.2, 0) is 21.2 Å². The molecule has 1 aromatic rings. The number of fused-ring (bicyclic) bond motifs is 1. The molecule has 0 unspecified atom stereocenters. The van der Waals surface area contributed by atoms with E-state index in [-0.39, 0.29) is 17.0 Å². The molecule has 20 heavy (non-hydrogen) atoms. The predicted octanol–water partition coefficient (Wildman–Crippen LogP) is 0.802. The average molecular weight is 292 g/mol. The maximum absolute atomic E-state index is 11.8. The summed E-state index contributed by atoms with van der Waals surface area (Å²) in [6.07, 6.45) is 1.74. The van der Waals surface area contributed by atoms with E-state index in [4.69, 9.17) is 5.11 Å². The Morgan fingerprint density at radius 1 is 1.35 bits per heavy atom. The number of carboxylic acids is 1. The van der Waals surface area contributed by atoms with Crippen LogP contribution in [0.4, 0.5) is 5.69 Å². The van der Waals surface area contributed by atoms with E-state index in [0.717, 1.165) is 23.9 Å². The molecule has 0 aromatic heterocycles. The summed E-state index contributed by atoms with van der Waals surface area (Å²) < 4.78 is 27.0. The van der Waals surface area contributed by atoms with Gasteiger partial charge in [0, 0.05) is 12.2 Å². The molecule has 0 fully saturated rings. The van der Waals surface area contributed by atoms with Gasteiger partial charge in [-0.15, -0.1) is 0 Å². The lowest BCUT2D eigenvalue weighted by Crippen LogP contribution is -2.26. The van der Waals surface area contributed by atoms with Crippen molar-refractivity contribution in [2.45, 2.75) is 6.42 Å². The fourth-order valence-electron chi connectivity index (χ4n) is 2.48. The topological polar surface area (TPSA) is 87.0 Å². The molecule has 0 atom stereocenters. The number of anilines is 1. The van der Waals surface area contributed by atoms with Crippen LogP contribution in [-0.4, -0.2) is 38.8 Å². The van der Waals surface area contributed by atoms with Gasteiger partial charge in [-0.1, -0.05) is 18.2 Å². The number of benzene rings is 1. The van der Waals surface area contributed by atoms with Gasteiger partial charge in [0.05, 0.1) is 18.3 Å². The largest absolute Gasteiger partial charge is 0.478 e. The first-order valence-electron chi connectivity index (χ1n) is 6.09. The number of sulfonamides is 1. The molecule has 3 rings (SSSR count). The van der Waals surface area contributed by atoms with E-state index in [1.54, 1.807) is 0 Å². The first kappa shape index (κ1) is 12.9. The smallest absolute Gasteiger partial charge is 0.338 e. The van der Waals surface area contributed by atoms with E-state index in [1.807, 2.05) is 29.2 Å². The van der Waals surface area contributed by atoms with Crippen LogP contribution in [0.5, 0.6) is 0 Å². The van der Waals surface area contributed by atoms with Gasteiger partial charge >= 0.3 is 5.97 Å². The van der Waals surface area contributed by atoms with E-state index < -0.39 is 16.0 Å². The standard InChI is InChI=1S/C13H12N2O4S/c16-13(17)10-7-14-20(18,19)12(10)8-15-6-5-9-3-1-2-4-11(9)15/h1-4,7H,5-6,8H2,(H,16,17). The van der Waals surface area contributed by atoms with Crippen molar-refractivity contribution in [1.82, 2.24) is 0 Å². The molecule has 0 saturated carbocycles. The summed E-state index contributed by atoms with van der Waals surface area (Å²) in [6.45, 7) is 0.715. The Hall–Kier alpha value is -2.15. The molecule has 2 heterocycles. The van der Waals surface area contributed by atoms with E-state index >= 15 is 0 Å². The summed E-state index contributed by atoms with van der Waals surface area (Å²) in [6, 6.07) is 7.70. The maximum Gasteiger partial charge on any atom is 0.338 e. The number of aliphatic carboxylic acids is 1. The summed E-state index contributed by atoms with van der Waals surface area (Å²) >= 11 is 0. The van der Waals surface area contributed by atoms with Crippen LogP contribution in [0, 0.1) is 0 Å². The molecule has 2 aliphatic heterocycles. The number of para-hydroxylation sites is 1. The lowest BCUT2D eigenvalue weighted by Gasteiger charge is -2.19. The molecule has 0 spiro atoms. The second-order valence-corrected chi connectivity index (χ2v) is 6.31. The molecule has 0 radical (unpaired) electrons.